The van der Waals surface area contributed by atoms with E-state index < -0.39 is 5.82 Å². The first-order valence-corrected chi connectivity index (χ1v) is 10.7. The zero-order valence-electron chi connectivity index (χ0n) is 18.4. The van der Waals surface area contributed by atoms with Crippen molar-refractivity contribution in [1.29, 1.82) is 0 Å². The molecule has 1 saturated heterocycles. The number of nitrogens with zero attached hydrogens (tertiary/aromatic N) is 5. The molecule has 1 aromatic carbocycles. The summed E-state index contributed by atoms with van der Waals surface area (Å²) in [4.78, 5) is 27.2. The fraction of sp³-hybridized carbons (Fsp3) is 0.391. The number of halogens is 1. The minimum atomic E-state index is -0.526. The smallest absolute Gasteiger partial charge is 0.254 e. The topological polar surface area (TPSA) is 96.2 Å². The molecular formula is C23H27FN6O2. The molecule has 0 aliphatic carbocycles. The zero-order valence-corrected chi connectivity index (χ0v) is 18.4. The van der Waals surface area contributed by atoms with Gasteiger partial charge in [0, 0.05) is 23.8 Å². The van der Waals surface area contributed by atoms with Crippen LogP contribution in [0, 0.1) is 12.7 Å². The van der Waals surface area contributed by atoms with Crippen molar-refractivity contribution in [3.8, 4) is 11.4 Å². The molecule has 32 heavy (non-hydrogen) atoms. The van der Waals surface area contributed by atoms with Crippen molar-refractivity contribution >= 4 is 17.5 Å². The summed E-state index contributed by atoms with van der Waals surface area (Å²) in [6, 6.07) is 6.94. The average molecular weight is 439 g/mol. The number of nitrogens with one attached hydrogen (secondary N) is 1. The minimum absolute atomic E-state index is 0.0230. The van der Waals surface area contributed by atoms with E-state index in [1.807, 2.05) is 25.3 Å². The van der Waals surface area contributed by atoms with Crippen molar-refractivity contribution in [2.24, 2.45) is 0 Å². The Morgan fingerprint density at radius 2 is 2.00 bits per heavy atom. The van der Waals surface area contributed by atoms with Crippen LogP contribution in [-0.4, -0.2) is 54.6 Å². The molecule has 168 valence electrons. The van der Waals surface area contributed by atoms with Crippen molar-refractivity contribution in [2.75, 3.05) is 18.5 Å². The molecule has 1 aliphatic rings. The number of imidazole rings is 1. The average Bonchev–Trinajstić information content (AvgIpc) is 3.41. The summed E-state index contributed by atoms with van der Waals surface area (Å²) in [6.45, 7) is 6.51. The molecule has 0 spiro atoms. The number of aliphatic hydroxyl groups excluding tert-OH is 1. The first-order valence-electron chi connectivity index (χ1n) is 10.7. The Kier molecular flexibility index (Phi) is 6.18. The van der Waals surface area contributed by atoms with Crippen LogP contribution in [0.2, 0.25) is 0 Å². The molecule has 3 heterocycles. The molecule has 2 N–H and O–H groups in total. The normalized spacial score (nSPS) is 16.1. The Labute approximate surface area is 186 Å². The number of aliphatic hydroxyl groups is 1. The Morgan fingerprint density at radius 1 is 1.25 bits per heavy atom. The van der Waals surface area contributed by atoms with Crippen LogP contribution in [0.15, 0.2) is 36.7 Å². The van der Waals surface area contributed by atoms with Crippen molar-refractivity contribution < 1.29 is 14.3 Å². The largest absolute Gasteiger partial charge is 0.394 e. The first-order chi connectivity index (χ1) is 15.4. The van der Waals surface area contributed by atoms with E-state index in [-0.39, 0.29) is 36.2 Å². The van der Waals surface area contributed by atoms with Gasteiger partial charge in [0.15, 0.2) is 5.82 Å². The van der Waals surface area contributed by atoms with Gasteiger partial charge in [0.25, 0.3) is 5.91 Å². The van der Waals surface area contributed by atoms with Gasteiger partial charge < -0.3 is 19.9 Å². The van der Waals surface area contributed by atoms with E-state index >= 15 is 0 Å². The van der Waals surface area contributed by atoms with Gasteiger partial charge in [0.2, 0.25) is 5.95 Å². The summed E-state index contributed by atoms with van der Waals surface area (Å²) in [5, 5.41) is 12.5. The minimum Gasteiger partial charge on any atom is -0.394 e. The van der Waals surface area contributed by atoms with Gasteiger partial charge in [0.1, 0.15) is 11.5 Å². The molecule has 2 aromatic heterocycles. The number of rotatable bonds is 6. The maximum atomic E-state index is 14.5. The van der Waals surface area contributed by atoms with E-state index in [1.165, 1.54) is 0 Å². The third-order valence-corrected chi connectivity index (χ3v) is 5.72. The second kappa shape index (κ2) is 9.04. The number of amides is 1. The lowest BCUT2D eigenvalue weighted by molar-refractivity contribution is 0.0677. The van der Waals surface area contributed by atoms with Gasteiger partial charge in [-0.25, -0.2) is 19.3 Å². The highest BCUT2D eigenvalue weighted by atomic mass is 19.1. The molecule has 0 saturated carbocycles. The van der Waals surface area contributed by atoms with Crippen molar-refractivity contribution in [1.82, 2.24) is 24.4 Å². The van der Waals surface area contributed by atoms with Crippen molar-refractivity contribution in [3.05, 3.63) is 53.9 Å². The van der Waals surface area contributed by atoms with E-state index in [2.05, 4.69) is 20.3 Å². The number of likely N-dealkylation sites (tertiary alicyclic amines) is 1. The quantitative estimate of drug-likeness (QED) is 0.609. The highest BCUT2D eigenvalue weighted by molar-refractivity contribution is 5.95. The molecule has 0 radical (unpaired) electrons. The lowest BCUT2D eigenvalue weighted by atomic mass is 10.1. The SMILES string of the molecule is Cc1ncc(-c2nc(Nc3ccc(C(=O)N4CCC[C@@H]4CO)cc3)ncc2F)n1C(C)C. The van der Waals surface area contributed by atoms with Crippen LogP contribution in [0.4, 0.5) is 16.0 Å². The number of carbonyl (C=O) groups is 1. The predicted molar refractivity (Wildman–Crippen MR) is 119 cm³/mol. The maximum absolute atomic E-state index is 14.5. The molecule has 3 aromatic rings. The highest BCUT2D eigenvalue weighted by Gasteiger charge is 2.28. The summed E-state index contributed by atoms with van der Waals surface area (Å²) in [6.07, 6.45) is 4.47. The van der Waals surface area contributed by atoms with Crippen LogP contribution in [-0.2, 0) is 0 Å². The van der Waals surface area contributed by atoms with E-state index in [4.69, 9.17) is 0 Å². The van der Waals surface area contributed by atoms with Crippen LogP contribution < -0.4 is 5.32 Å². The summed E-state index contributed by atoms with van der Waals surface area (Å²) in [5.74, 6) is 0.409. The monoisotopic (exact) mass is 438 g/mol. The third kappa shape index (κ3) is 4.20. The van der Waals surface area contributed by atoms with Gasteiger partial charge in [-0.1, -0.05) is 0 Å². The van der Waals surface area contributed by atoms with E-state index in [9.17, 15) is 14.3 Å². The third-order valence-electron chi connectivity index (χ3n) is 5.72. The van der Waals surface area contributed by atoms with E-state index in [1.54, 1.807) is 35.4 Å². The lowest BCUT2D eigenvalue weighted by Gasteiger charge is -2.23. The summed E-state index contributed by atoms with van der Waals surface area (Å²) >= 11 is 0. The Hall–Kier alpha value is -3.33. The van der Waals surface area contributed by atoms with Gasteiger partial charge >= 0.3 is 0 Å². The molecular weight excluding hydrogens is 411 g/mol. The van der Waals surface area contributed by atoms with Crippen LogP contribution >= 0.6 is 0 Å². The molecule has 9 heteroatoms. The van der Waals surface area contributed by atoms with Gasteiger partial charge in [-0.15, -0.1) is 0 Å². The number of carbonyl (C=O) groups excluding carboxylic acids is 1. The van der Waals surface area contributed by atoms with Crippen LogP contribution in [0.5, 0.6) is 0 Å². The maximum Gasteiger partial charge on any atom is 0.254 e. The number of benzene rings is 1. The fourth-order valence-corrected chi connectivity index (χ4v) is 4.17. The number of hydrogen-bond acceptors (Lipinski definition) is 6. The van der Waals surface area contributed by atoms with Crippen LogP contribution in [0.3, 0.4) is 0 Å². The van der Waals surface area contributed by atoms with Gasteiger partial charge in [-0.05, 0) is 57.9 Å². The first kappa shape index (κ1) is 21.9. The second-order valence-corrected chi connectivity index (χ2v) is 8.22. The van der Waals surface area contributed by atoms with Gasteiger partial charge in [-0.3, -0.25) is 4.79 Å². The standard InChI is InChI=1S/C23H27FN6O2/c1-14(2)30-15(3)25-12-20(30)21-19(24)11-26-23(28-21)27-17-8-6-16(7-9-17)22(32)29-10-4-5-18(29)13-31/h6-9,11-12,14,18,31H,4-5,10,13H2,1-3H3,(H,26,27,28)/t18-/m1/s1. The Balaban J connectivity index is 1.54. The number of hydrogen-bond donors (Lipinski definition) is 2. The summed E-state index contributed by atoms with van der Waals surface area (Å²) < 4.78 is 16.5. The molecule has 1 aliphatic heterocycles. The van der Waals surface area contributed by atoms with Crippen molar-refractivity contribution in [3.63, 3.8) is 0 Å². The Bertz CT molecular complexity index is 1110. The lowest BCUT2D eigenvalue weighted by Crippen LogP contribution is -2.37. The van der Waals surface area contributed by atoms with Crippen LogP contribution in [0.1, 0.15) is 48.9 Å². The van der Waals surface area contributed by atoms with Crippen molar-refractivity contribution in [2.45, 2.75) is 45.7 Å². The van der Waals surface area contributed by atoms with Gasteiger partial charge in [-0.2, -0.15) is 0 Å². The fourth-order valence-electron chi connectivity index (χ4n) is 4.17. The predicted octanol–water partition coefficient (Wildman–Crippen LogP) is 3.71. The summed E-state index contributed by atoms with van der Waals surface area (Å²) in [5.41, 5.74) is 1.99. The molecule has 1 amide bonds. The Morgan fingerprint density at radius 3 is 2.69 bits per heavy atom. The van der Waals surface area contributed by atoms with E-state index in [0.717, 1.165) is 24.9 Å². The van der Waals surface area contributed by atoms with Gasteiger partial charge in [0.05, 0.1) is 30.7 Å². The highest BCUT2D eigenvalue weighted by Crippen LogP contribution is 2.27. The molecule has 8 nitrogen and oxygen atoms in total. The number of aromatic nitrogens is 4. The van der Waals surface area contributed by atoms with Crippen LogP contribution in [0.25, 0.3) is 11.4 Å². The van der Waals surface area contributed by atoms with E-state index in [0.29, 0.717) is 23.5 Å². The molecule has 1 atom stereocenters. The number of anilines is 2. The molecule has 0 bridgehead atoms. The molecule has 0 unspecified atom stereocenters. The number of aryl methyl sites for hydroxylation is 1. The second-order valence-electron chi connectivity index (χ2n) is 8.22. The zero-order chi connectivity index (χ0) is 22.8. The summed E-state index contributed by atoms with van der Waals surface area (Å²) in [7, 11) is 0. The molecule has 1 fully saturated rings. The molecule has 4 rings (SSSR count).